The van der Waals surface area contributed by atoms with E-state index in [-0.39, 0.29) is 17.1 Å². The highest BCUT2D eigenvalue weighted by Gasteiger charge is 2.53. The Morgan fingerprint density at radius 2 is 1.57 bits per heavy atom. The molecule has 2 N–H and O–H groups in total. The van der Waals surface area contributed by atoms with Crippen LogP contribution in [0.3, 0.4) is 0 Å². The topological polar surface area (TPSA) is 66.8 Å². The van der Waals surface area contributed by atoms with Gasteiger partial charge in [0.25, 0.3) is 0 Å². The van der Waals surface area contributed by atoms with Crippen LogP contribution in [0.25, 0.3) is 0 Å². The van der Waals surface area contributed by atoms with Crippen LogP contribution in [0.15, 0.2) is 11.0 Å². The lowest BCUT2D eigenvalue weighted by Crippen LogP contribution is -2.52. The van der Waals surface area contributed by atoms with E-state index in [4.69, 9.17) is 4.74 Å². The highest BCUT2D eigenvalue weighted by Crippen LogP contribution is 2.53. The van der Waals surface area contributed by atoms with Crippen LogP contribution in [0, 0.1) is 5.92 Å². The molecule has 0 spiro atoms. The number of carbonyl (C=O) groups excluding carboxylic acids is 1. The van der Waals surface area contributed by atoms with Crippen molar-refractivity contribution in [3.05, 3.63) is 11.0 Å². The summed E-state index contributed by atoms with van der Waals surface area (Å²) in [6.07, 6.45) is 11.3. The van der Waals surface area contributed by atoms with Crippen molar-refractivity contribution in [3.8, 4) is 0 Å². The Balaban J connectivity index is 1.89. The van der Waals surface area contributed by atoms with Gasteiger partial charge in [0.2, 0.25) is 0 Å². The SMILES string of the molecule is COC(=O)C1=C[C@@H](C2(O)CCCCC2)[C@H](C2(O)CCCCC2)S1. The second-order valence-electron chi connectivity index (χ2n) is 7.42. The van der Waals surface area contributed by atoms with Crippen molar-refractivity contribution in [2.45, 2.75) is 80.7 Å². The number of rotatable bonds is 3. The molecule has 2 aliphatic carbocycles. The highest BCUT2D eigenvalue weighted by atomic mass is 32.2. The zero-order valence-corrected chi connectivity index (χ0v) is 14.7. The summed E-state index contributed by atoms with van der Waals surface area (Å²) in [5.74, 6) is -0.508. The van der Waals surface area contributed by atoms with Crippen LogP contribution in [-0.2, 0) is 9.53 Å². The number of thioether (sulfide) groups is 1. The van der Waals surface area contributed by atoms with Crippen LogP contribution in [0.1, 0.15) is 64.2 Å². The van der Waals surface area contributed by atoms with Gasteiger partial charge in [-0.15, -0.1) is 11.8 Å². The van der Waals surface area contributed by atoms with Gasteiger partial charge in [-0.3, -0.25) is 0 Å². The molecule has 1 heterocycles. The first-order valence-corrected chi connectivity index (χ1v) is 9.78. The van der Waals surface area contributed by atoms with Crippen molar-refractivity contribution in [2.24, 2.45) is 5.92 Å². The number of esters is 1. The maximum Gasteiger partial charge on any atom is 0.344 e. The number of hydrogen-bond acceptors (Lipinski definition) is 5. The van der Waals surface area contributed by atoms with Gasteiger partial charge in [-0.05, 0) is 25.7 Å². The minimum Gasteiger partial charge on any atom is -0.465 e. The molecule has 0 aromatic carbocycles. The third-order valence-corrected chi connectivity index (χ3v) is 7.43. The number of ether oxygens (including phenoxy) is 1. The summed E-state index contributed by atoms with van der Waals surface area (Å²) < 4.78 is 4.88. The molecule has 4 nitrogen and oxygen atoms in total. The first-order valence-electron chi connectivity index (χ1n) is 8.90. The van der Waals surface area contributed by atoms with Crippen molar-refractivity contribution in [1.82, 2.24) is 0 Å². The molecular formula is C18H28O4S. The largest absolute Gasteiger partial charge is 0.465 e. The normalized spacial score (nSPS) is 33.1. The lowest BCUT2D eigenvalue weighted by molar-refractivity contribution is -0.135. The first-order chi connectivity index (χ1) is 11.0. The lowest BCUT2D eigenvalue weighted by atomic mass is 9.68. The fourth-order valence-corrected chi connectivity index (χ4v) is 6.16. The Bertz CT molecular complexity index is 475. The van der Waals surface area contributed by atoms with Crippen LogP contribution in [0.2, 0.25) is 0 Å². The van der Waals surface area contributed by atoms with Crippen LogP contribution >= 0.6 is 11.8 Å². The Labute approximate surface area is 142 Å². The Morgan fingerprint density at radius 1 is 1.04 bits per heavy atom. The van der Waals surface area contributed by atoms with Crippen LogP contribution < -0.4 is 0 Å². The lowest BCUT2D eigenvalue weighted by Gasteiger charge is -2.46. The quantitative estimate of drug-likeness (QED) is 0.773. The third-order valence-electron chi connectivity index (χ3n) is 5.89. The molecule has 130 valence electrons. The second kappa shape index (κ2) is 6.77. The van der Waals surface area contributed by atoms with Crippen LogP contribution in [0.4, 0.5) is 0 Å². The fourth-order valence-electron chi connectivity index (χ4n) is 4.54. The molecule has 2 fully saturated rings. The molecule has 3 rings (SSSR count). The van der Waals surface area contributed by atoms with Gasteiger partial charge in [0.05, 0.1) is 23.2 Å². The van der Waals surface area contributed by atoms with Gasteiger partial charge in [0.1, 0.15) is 0 Å². The predicted octanol–water partition coefficient (Wildman–Crippen LogP) is 3.17. The van der Waals surface area contributed by atoms with Crippen molar-refractivity contribution >= 4 is 17.7 Å². The summed E-state index contributed by atoms with van der Waals surface area (Å²) in [4.78, 5) is 12.6. The highest BCUT2D eigenvalue weighted by molar-refractivity contribution is 8.04. The maximum absolute atomic E-state index is 12.0. The van der Waals surface area contributed by atoms with E-state index in [1.807, 2.05) is 6.08 Å². The average molecular weight is 340 g/mol. The van der Waals surface area contributed by atoms with Crippen molar-refractivity contribution in [1.29, 1.82) is 0 Å². The van der Waals surface area contributed by atoms with E-state index in [1.165, 1.54) is 18.9 Å². The van der Waals surface area contributed by atoms with Crippen molar-refractivity contribution in [2.75, 3.05) is 7.11 Å². The van der Waals surface area contributed by atoms with E-state index in [0.29, 0.717) is 4.91 Å². The third kappa shape index (κ3) is 3.33. The predicted molar refractivity (Wildman–Crippen MR) is 91.0 cm³/mol. The van der Waals surface area contributed by atoms with E-state index in [2.05, 4.69) is 0 Å². The molecule has 3 aliphatic rings. The maximum atomic E-state index is 12.0. The molecular weight excluding hydrogens is 312 g/mol. The van der Waals surface area contributed by atoms with E-state index >= 15 is 0 Å². The molecule has 0 unspecified atom stereocenters. The number of aliphatic hydroxyl groups is 2. The summed E-state index contributed by atoms with van der Waals surface area (Å²) >= 11 is 1.43. The van der Waals surface area contributed by atoms with Gasteiger partial charge in [0, 0.05) is 11.2 Å². The fraction of sp³-hybridized carbons (Fsp3) is 0.833. The van der Waals surface area contributed by atoms with E-state index in [0.717, 1.165) is 64.2 Å². The molecule has 0 amide bonds. The number of hydrogen-bond donors (Lipinski definition) is 2. The zero-order valence-electron chi connectivity index (χ0n) is 13.9. The second-order valence-corrected chi connectivity index (χ2v) is 8.60. The summed E-state index contributed by atoms with van der Waals surface area (Å²) in [5.41, 5.74) is -1.58. The van der Waals surface area contributed by atoms with Crippen LogP contribution in [-0.4, -0.2) is 39.7 Å². The number of carbonyl (C=O) groups is 1. The van der Waals surface area contributed by atoms with Gasteiger partial charge in [-0.25, -0.2) is 4.79 Å². The van der Waals surface area contributed by atoms with Crippen molar-refractivity contribution < 1.29 is 19.7 Å². The number of methoxy groups -OCH3 is 1. The van der Waals surface area contributed by atoms with Gasteiger partial charge < -0.3 is 14.9 Å². The van der Waals surface area contributed by atoms with Crippen LogP contribution in [0.5, 0.6) is 0 Å². The monoisotopic (exact) mass is 340 g/mol. The van der Waals surface area contributed by atoms with Crippen molar-refractivity contribution in [3.63, 3.8) is 0 Å². The average Bonchev–Trinajstić information content (AvgIpc) is 3.03. The molecule has 2 saturated carbocycles. The molecule has 0 bridgehead atoms. The zero-order chi connectivity index (χ0) is 16.5. The summed E-state index contributed by atoms with van der Waals surface area (Å²) in [6.45, 7) is 0. The molecule has 23 heavy (non-hydrogen) atoms. The van der Waals surface area contributed by atoms with Gasteiger partial charge in [-0.2, -0.15) is 0 Å². The van der Waals surface area contributed by atoms with Gasteiger partial charge in [-0.1, -0.05) is 44.6 Å². The minimum atomic E-state index is -0.793. The van der Waals surface area contributed by atoms with E-state index < -0.39 is 11.2 Å². The Hall–Kier alpha value is -0.520. The molecule has 5 heteroatoms. The molecule has 1 aliphatic heterocycles. The minimum absolute atomic E-state index is 0.139. The summed E-state index contributed by atoms with van der Waals surface area (Å²) in [6, 6.07) is 0. The molecule has 2 atom stereocenters. The first kappa shape index (κ1) is 17.3. The Morgan fingerprint density at radius 3 is 2.09 bits per heavy atom. The molecule has 0 aromatic heterocycles. The Kier molecular flexibility index (Phi) is 5.09. The molecule has 0 saturated heterocycles. The summed E-state index contributed by atoms with van der Waals surface area (Å²) in [5, 5.41) is 22.3. The van der Waals surface area contributed by atoms with E-state index in [1.54, 1.807) is 0 Å². The smallest absolute Gasteiger partial charge is 0.344 e. The molecule has 0 radical (unpaired) electrons. The van der Waals surface area contributed by atoms with E-state index in [9.17, 15) is 15.0 Å². The van der Waals surface area contributed by atoms with Gasteiger partial charge >= 0.3 is 5.97 Å². The summed E-state index contributed by atoms with van der Waals surface area (Å²) in [7, 11) is 1.39. The molecule has 0 aromatic rings. The van der Waals surface area contributed by atoms with Gasteiger partial charge in [0.15, 0.2) is 0 Å². The standard InChI is InChI=1S/C18H28O4S/c1-22-16(19)14-12-13(17(20)8-4-2-5-9-17)15(23-14)18(21)10-6-3-7-11-18/h12-13,15,20-21H,2-11H2,1H3/t13-,15-/m1/s1.